The first-order valence-corrected chi connectivity index (χ1v) is 8.42. The van der Waals surface area contributed by atoms with Gasteiger partial charge in [-0.05, 0) is 36.5 Å². The highest BCUT2D eigenvalue weighted by Crippen LogP contribution is 2.29. The molecule has 3 unspecified atom stereocenters. The van der Waals surface area contributed by atoms with Gasteiger partial charge in [0.15, 0.2) is 0 Å². The van der Waals surface area contributed by atoms with Gasteiger partial charge in [0.05, 0.1) is 18.7 Å². The molecule has 0 aromatic heterocycles. The number of aliphatic hydroxyl groups is 1. The minimum atomic E-state index is -0.265. The average Bonchev–Trinajstić information content (AvgIpc) is 2.94. The van der Waals surface area contributed by atoms with E-state index in [9.17, 15) is 9.90 Å². The number of hydrogen-bond acceptors (Lipinski definition) is 3. The average molecular weight is 341 g/mol. The van der Waals surface area contributed by atoms with Crippen LogP contribution in [0, 0.1) is 5.92 Å². The molecule has 1 aromatic rings. The second kappa shape index (κ2) is 8.52. The zero-order valence-corrected chi connectivity index (χ0v) is 14.3. The Balaban J connectivity index is 1.92. The first-order valence-electron chi connectivity index (χ1n) is 8.04. The van der Waals surface area contributed by atoms with Crippen LogP contribution in [0.1, 0.15) is 38.4 Å². The fraction of sp³-hybridized carbons (Fsp3) is 0.588. The Bertz CT molecular complexity index is 507. The predicted molar refractivity (Wildman–Crippen MR) is 90.5 cm³/mol. The number of aliphatic hydroxyl groups excluding tert-OH is 1. The summed E-state index contributed by atoms with van der Waals surface area (Å²) < 4.78 is 5.75. The molecule has 1 heterocycles. The van der Waals surface area contributed by atoms with Crippen LogP contribution in [0.3, 0.4) is 0 Å². The maximum atomic E-state index is 12.2. The van der Waals surface area contributed by atoms with E-state index in [4.69, 9.17) is 16.3 Å². The van der Waals surface area contributed by atoms with E-state index in [1.165, 1.54) is 0 Å². The molecule has 0 spiro atoms. The van der Waals surface area contributed by atoms with Gasteiger partial charge in [0.25, 0.3) is 0 Å². The van der Waals surface area contributed by atoms with Crippen LogP contribution in [-0.2, 0) is 4.74 Å². The Hall–Kier alpha value is -1.30. The Morgan fingerprint density at radius 3 is 2.70 bits per heavy atom. The molecule has 128 valence electrons. The zero-order valence-electron chi connectivity index (χ0n) is 13.6. The SMILES string of the molecule is CC(C)CC(CO)NC(=O)NC1CCOC1c1ccc(Cl)cc1. The lowest BCUT2D eigenvalue weighted by atomic mass is 10.0. The van der Waals surface area contributed by atoms with Crippen LogP contribution < -0.4 is 10.6 Å². The molecule has 0 radical (unpaired) electrons. The fourth-order valence-electron chi connectivity index (χ4n) is 2.86. The molecule has 1 fully saturated rings. The van der Waals surface area contributed by atoms with Gasteiger partial charge in [-0.1, -0.05) is 37.6 Å². The molecule has 0 bridgehead atoms. The minimum Gasteiger partial charge on any atom is -0.394 e. The summed E-state index contributed by atoms with van der Waals surface area (Å²) in [4.78, 5) is 12.2. The first-order chi connectivity index (χ1) is 11.0. The number of benzene rings is 1. The van der Waals surface area contributed by atoms with Gasteiger partial charge in [-0.25, -0.2) is 4.79 Å². The maximum Gasteiger partial charge on any atom is 0.315 e. The second-order valence-corrected chi connectivity index (χ2v) is 6.80. The normalized spacial score (nSPS) is 22.1. The molecule has 0 aliphatic carbocycles. The molecule has 3 atom stereocenters. The Labute approximate surface area is 142 Å². The van der Waals surface area contributed by atoms with E-state index >= 15 is 0 Å². The van der Waals surface area contributed by atoms with Crippen molar-refractivity contribution in [2.45, 2.75) is 44.9 Å². The molecule has 1 aliphatic heterocycles. The molecule has 3 N–H and O–H groups in total. The van der Waals surface area contributed by atoms with Gasteiger partial charge in [0, 0.05) is 11.6 Å². The van der Waals surface area contributed by atoms with Crippen molar-refractivity contribution in [2.24, 2.45) is 5.92 Å². The van der Waals surface area contributed by atoms with Crippen molar-refractivity contribution < 1.29 is 14.6 Å². The lowest BCUT2D eigenvalue weighted by Crippen LogP contribution is -2.48. The van der Waals surface area contributed by atoms with Gasteiger partial charge >= 0.3 is 6.03 Å². The predicted octanol–water partition coefficient (Wildman–Crippen LogP) is 2.88. The molecular weight excluding hydrogens is 316 g/mol. The number of carbonyl (C=O) groups is 1. The maximum absolute atomic E-state index is 12.2. The number of ether oxygens (including phenoxy) is 1. The van der Waals surface area contributed by atoms with Crippen LogP contribution >= 0.6 is 11.6 Å². The second-order valence-electron chi connectivity index (χ2n) is 6.36. The van der Waals surface area contributed by atoms with Crippen molar-refractivity contribution >= 4 is 17.6 Å². The van der Waals surface area contributed by atoms with Crippen LogP contribution in [0.4, 0.5) is 4.79 Å². The fourth-order valence-corrected chi connectivity index (χ4v) is 2.99. The molecule has 1 saturated heterocycles. The van der Waals surface area contributed by atoms with Gasteiger partial charge in [0.1, 0.15) is 6.10 Å². The van der Waals surface area contributed by atoms with E-state index in [0.29, 0.717) is 17.5 Å². The standard InChI is InChI=1S/C17H25ClN2O3/c1-11(2)9-14(10-21)19-17(22)20-15-7-8-23-16(15)12-3-5-13(18)6-4-12/h3-6,11,14-16,21H,7-10H2,1-2H3,(H2,19,20,22). The minimum absolute atomic E-state index is 0.0621. The van der Waals surface area contributed by atoms with Crippen molar-refractivity contribution in [2.75, 3.05) is 13.2 Å². The van der Waals surface area contributed by atoms with E-state index in [1.54, 1.807) is 0 Å². The molecule has 23 heavy (non-hydrogen) atoms. The summed E-state index contributed by atoms with van der Waals surface area (Å²) in [6.45, 7) is 4.66. The van der Waals surface area contributed by atoms with Crippen molar-refractivity contribution in [3.05, 3.63) is 34.9 Å². The largest absolute Gasteiger partial charge is 0.394 e. The van der Waals surface area contributed by atoms with Gasteiger partial charge in [-0.2, -0.15) is 0 Å². The molecule has 1 aromatic carbocycles. The molecule has 0 saturated carbocycles. The zero-order chi connectivity index (χ0) is 16.8. The van der Waals surface area contributed by atoms with Crippen LogP contribution in [0.5, 0.6) is 0 Å². The van der Waals surface area contributed by atoms with E-state index < -0.39 is 0 Å². The molecule has 6 heteroatoms. The number of hydrogen-bond donors (Lipinski definition) is 3. The molecule has 2 rings (SSSR count). The van der Waals surface area contributed by atoms with E-state index in [1.807, 2.05) is 24.3 Å². The number of urea groups is 1. The Morgan fingerprint density at radius 2 is 2.09 bits per heavy atom. The van der Waals surface area contributed by atoms with E-state index in [-0.39, 0.29) is 30.8 Å². The van der Waals surface area contributed by atoms with Gasteiger partial charge in [0.2, 0.25) is 0 Å². The van der Waals surface area contributed by atoms with Crippen molar-refractivity contribution in [3.8, 4) is 0 Å². The lowest BCUT2D eigenvalue weighted by Gasteiger charge is -2.23. The quantitative estimate of drug-likeness (QED) is 0.745. The van der Waals surface area contributed by atoms with E-state index in [2.05, 4.69) is 24.5 Å². The Kier molecular flexibility index (Phi) is 6.69. The topological polar surface area (TPSA) is 70.6 Å². The third kappa shape index (κ3) is 5.37. The van der Waals surface area contributed by atoms with Gasteiger partial charge < -0.3 is 20.5 Å². The summed E-state index contributed by atoms with van der Waals surface area (Å²) >= 11 is 5.91. The van der Waals surface area contributed by atoms with Crippen molar-refractivity contribution in [3.63, 3.8) is 0 Å². The van der Waals surface area contributed by atoms with Crippen LogP contribution in [0.15, 0.2) is 24.3 Å². The molecular formula is C17H25ClN2O3. The third-order valence-electron chi connectivity index (χ3n) is 3.92. The van der Waals surface area contributed by atoms with Crippen LogP contribution in [0.2, 0.25) is 5.02 Å². The number of nitrogens with one attached hydrogen (secondary N) is 2. The highest BCUT2D eigenvalue weighted by Gasteiger charge is 2.31. The van der Waals surface area contributed by atoms with Crippen LogP contribution in [0.25, 0.3) is 0 Å². The molecule has 2 amide bonds. The summed E-state index contributed by atoms with van der Waals surface area (Å²) in [6.07, 6.45) is 1.33. The Morgan fingerprint density at radius 1 is 1.39 bits per heavy atom. The third-order valence-corrected chi connectivity index (χ3v) is 4.17. The summed E-state index contributed by atoms with van der Waals surface area (Å²) in [6, 6.07) is 6.89. The van der Waals surface area contributed by atoms with Crippen LogP contribution in [-0.4, -0.2) is 36.4 Å². The summed E-state index contributed by atoms with van der Waals surface area (Å²) in [7, 11) is 0. The highest BCUT2D eigenvalue weighted by molar-refractivity contribution is 6.30. The highest BCUT2D eigenvalue weighted by atomic mass is 35.5. The van der Waals surface area contributed by atoms with Gasteiger partial charge in [-0.15, -0.1) is 0 Å². The number of amides is 2. The first kappa shape index (κ1) is 18.0. The van der Waals surface area contributed by atoms with E-state index in [0.717, 1.165) is 18.4 Å². The van der Waals surface area contributed by atoms with Gasteiger partial charge in [-0.3, -0.25) is 0 Å². The van der Waals surface area contributed by atoms with Crippen molar-refractivity contribution in [1.82, 2.24) is 10.6 Å². The van der Waals surface area contributed by atoms with Crippen molar-refractivity contribution in [1.29, 1.82) is 0 Å². The summed E-state index contributed by atoms with van der Waals surface area (Å²) in [5, 5.41) is 15.8. The number of rotatable bonds is 6. The molecule has 1 aliphatic rings. The summed E-state index contributed by atoms with van der Waals surface area (Å²) in [5.41, 5.74) is 0.998. The number of carbonyl (C=O) groups excluding carboxylic acids is 1. The smallest absolute Gasteiger partial charge is 0.315 e. The summed E-state index contributed by atoms with van der Waals surface area (Å²) in [5.74, 6) is 0.407. The monoisotopic (exact) mass is 340 g/mol. The lowest BCUT2D eigenvalue weighted by molar-refractivity contribution is 0.0996. The molecule has 5 nitrogen and oxygen atoms in total. The number of halogens is 1.